The summed E-state index contributed by atoms with van der Waals surface area (Å²) in [7, 11) is 0. The lowest BCUT2D eigenvalue weighted by Gasteiger charge is -2.22. The van der Waals surface area contributed by atoms with Gasteiger partial charge in [-0.25, -0.2) is 9.59 Å². The third-order valence-corrected chi connectivity index (χ3v) is 5.22. The smallest absolute Gasteiger partial charge is 0.408 e. The van der Waals surface area contributed by atoms with Crippen LogP contribution in [0.5, 0.6) is 5.75 Å². The van der Waals surface area contributed by atoms with Gasteiger partial charge in [0, 0.05) is 12.3 Å². The topological polar surface area (TPSA) is 84.9 Å². The maximum Gasteiger partial charge on any atom is 0.408 e. The Morgan fingerprint density at radius 1 is 1.09 bits per heavy atom. The minimum absolute atomic E-state index is 0.157. The molecule has 0 bridgehead atoms. The molecular formula is C26H34ClNO5. The third kappa shape index (κ3) is 8.97. The van der Waals surface area contributed by atoms with Crippen molar-refractivity contribution in [2.24, 2.45) is 0 Å². The number of amides is 1. The molecule has 0 radical (unpaired) electrons. The van der Waals surface area contributed by atoms with Crippen molar-refractivity contribution in [3.05, 3.63) is 53.6 Å². The zero-order valence-corrected chi connectivity index (χ0v) is 20.6. The Bertz CT molecular complexity index is 921. The molecule has 180 valence electrons. The molecule has 0 saturated carbocycles. The molecule has 0 heterocycles. The van der Waals surface area contributed by atoms with Gasteiger partial charge in [-0.1, -0.05) is 37.3 Å². The third-order valence-electron chi connectivity index (χ3n) is 4.95. The van der Waals surface area contributed by atoms with Crippen LogP contribution in [-0.2, 0) is 22.4 Å². The Balaban J connectivity index is 2.08. The van der Waals surface area contributed by atoms with E-state index < -0.39 is 23.7 Å². The van der Waals surface area contributed by atoms with E-state index in [9.17, 15) is 14.7 Å². The molecule has 0 aliphatic heterocycles. The molecule has 0 aromatic heterocycles. The number of rotatable bonds is 11. The van der Waals surface area contributed by atoms with Crippen molar-refractivity contribution < 1.29 is 24.2 Å². The van der Waals surface area contributed by atoms with E-state index in [1.807, 2.05) is 30.3 Å². The van der Waals surface area contributed by atoms with Gasteiger partial charge in [0.25, 0.3) is 0 Å². The van der Waals surface area contributed by atoms with E-state index in [0.29, 0.717) is 12.5 Å². The van der Waals surface area contributed by atoms with E-state index in [-0.39, 0.29) is 6.42 Å². The van der Waals surface area contributed by atoms with Gasteiger partial charge in [0.2, 0.25) is 0 Å². The Kier molecular flexibility index (Phi) is 10.0. The summed E-state index contributed by atoms with van der Waals surface area (Å²) in [6, 6.07) is 12.7. The maximum absolute atomic E-state index is 12.0. The molecule has 2 aromatic carbocycles. The Morgan fingerprint density at radius 2 is 1.79 bits per heavy atom. The number of alkyl halides is 1. The lowest BCUT2D eigenvalue weighted by molar-refractivity contribution is -0.139. The average molecular weight is 476 g/mol. The first-order valence-corrected chi connectivity index (χ1v) is 11.8. The van der Waals surface area contributed by atoms with Gasteiger partial charge in [-0.3, -0.25) is 0 Å². The van der Waals surface area contributed by atoms with Gasteiger partial charge < -0.3 is 19.9 Å². The second-order valence-electron chi connectivity index (χ2n) is 8.86. The standard InChI is InChI=1S/C26H34ClNO5/c1-5-19-17-21(32-15-7-6-14-27)12-13-22(19)20-10-8-18(9-11-20)16-23(24(29)30)28-25(31)33-26(2,3)4/h8-13,17,23H,5-7,14-16H2,1-4H3,(H,28,31)(H,29,30)/t23-/m0/s1. The molecule has 1 amide bonds. The normalized spacial score (nSPS) is 12.2. The van der Waals surface area contributed by atoms with Crippen LogP contribution >= 0.6 is 11.6 Å². The van der Waals surface area contributed by atoms with Crippen molar-refractivity contribution in [3.8, 4) is 16.9 Å². The van der Waals surface area contributed by atoms with Gasteiger partial charge in [0.15, 0.2) is 0 Å². The number of halogens is 1. The molecule has 0 saturated heterocycles. The first kappa shape index (κ1) is 26.5. The highest BCUT2D eigenvalue weighted by atomic mass is 35.5. The number of hydrogen-bond acceptors (Lipinski definition) is 4. The molecule has 0 unspecified atom stereocenters. The van der Waals surface area contributed by atoms with Crippen LogP contribution in [0.2, 0.25) is 0 Å². The fraction of sp³-hybridized carbons (Fsp3) is 0.462. The fourth-order valence-corrected chi connectivity index (χ4v) is 3.52. The van der Waals surface area contributed by atoms with Crippen LogP contribution in [0.3, 0.4) is 0 Å². The molecule has 2 rings (SSSR count). The van der Waals surface area contributed by atoms with E-state index >= 15 is 0 Å². The predicted molar refractivity (Wildman–Crippen MR) is 131 cm³/mol. The van der Waals surface area contributed by atoms with E-state index in [1.54, 1.807) is 20.8 Å². The number of aliphatic carboxylic acids is 1. The quantitative estimate of drug-likeness (QED) is 0.315. The van der Waals surface area contributed by atoms with Crippen molar-refractivity contribution in [1.29, 1.82) is 0 Å². The molecule has 2 N–H and O–H groups in total. The predicted octanol–water partition coefficient (Wildman–Crippen LogP) is 5.83. The number of aryl methyl sites for hydroxylation is 1. The van der Waals surface area contributed by atoms with Gasteiger partial charge >= 0.3 is 12.1 Å². The summed E-state index contributed by atoms with van der Waals surface area (Å²) in [5.41, 5.74) is 3.43. The van der Waals surface area contributed by atoms with Crippen molar-refractivity contribution in [1.82, 2.24) is 5.32 Å². The highest BCUT2D eigenvalue weighted by Gasteiger charge is 2.24. The average Bonchev–Trinajstić information content (AvgIpc) is 2.75. The summed E-state index contributed by atoms with van der Waals surface area (Å²) in [6.07, 6.45) is 2.13. The van der Waals surface area contributed by atoms with Gasteiger partial charge in [-0.15, -0.1) is 11.6 Å². The number of hydrogen-bond donors (Lipinski definition) is 2. The summed E-state index contributed by atoms with van der Waals surface area (Å²) < 4.78 is 11.0. The molecule has 1 atom stereocenters. The lowest BCUT2D eigenvalue weighted by Crippen LogP contribution is -2.44. The number of ether oxygens (including phenoxy) is 2. The summed E-state index contributed by atoms with van der Waals surface area (Å²) in [5.74, 6) is 0.377. The van der Waals surface area contributed by atoms with Crippen LogP contribution in [0.1, 0.15) is 51.7 Å². The summed E-state index contributed by atoms with van der Waals surface area (Å²) in [5, 5.41) is 11.9. The van der Waals surface area contributed by atoms with Crippen molar-refractivity contribution in [2.45, 2.75) is 65.0 Å². The number of carbonyl (C=O) groups is 2. The zero-order valence-electron chi connectivity index (χ0n) is 19.8. The Morgan fingerprint density at radius 3 is 2.36 bits per heavy atom. The SMILES string of the molecule is CCc1cc(OCCCCCl)ccc1-c1ccc(C[C@H](NC(=O)OC(C)(C)C)C(=O)O)cc1. The van der Waals surface area contributed by atoms with Gasteiger partial charge in [-0.05, 0) is 74.4 Å². The molecule has 0 spiro atoms. The van der Waals surface area contributed by atoms with Crippen LogP contribution in [0.25, 0.3) is 11.1 Å². The molecule has 0 aliphatic carbocycles. The molecule has 0 fully saturated rings. The van der Waals surface area contributed by atoms with Crippen molar-refractivity contribution >= 4 is 23.7 Å². The first-order chi connectivity index (χ1) is 15.6. The van der Waals surface area contributed by atoms with E-state index in [0.717, 1.165) is 41.7 Å². The van der Waals surface area contributed by atoms with Crippen LogP contribution in [0, 0.1) is 0 Å². The van der Waals surface area contributed by atoms with E-state index in [4.69, 9.17) is 21.1 Å². The number of carboxylic acids is 1. The number of carboxylic acid groups (broad SMARTS) is 1. The number of alkyl carbamates (subject to hydrolysis) is 1. The van der Waals surface area contributed by atoms with Crippen LogP contribution in [0.4, 0.5) is 4.79 Å². The second kappa shape index (κ2) is 12.5. The molecule has 33 heavy (non-hydrogen) atoms. The van der Waals surface area contributed by atoms with E-state index in [1.165, 1.54) is 5.56 Å². The molecule has 2 aromatic rings. The van der Waals surface area contributed by atoms with Crippen LogP contribution < -0.4 is 10.1 Å². The highest BCUT2D eigenvalue weighted by Crippen LogP contribution is 2.28. The van der Waals surface area contributed by atoms with Gasteiger partial charge in [0.05, 0.1) is 6.61 Å². The minimum atomic E-state index is -1.11. The van der Waals surface area contributed by atoms with Crippen LogP contribution in [0.15, 0.2) is 42.5 Å². The van der Waals surface area contributed by atoms with Crippen molar-refractivity contribution in [2.75, 3.05) is 12.5 Å². The first-order valence-electron chi connectivity index (χ1n) is 11.3. The number of nitrogens with one attached hydrogen (secondary N) is 1. The summed E-state index contributed by atoms with van der Waals surface area (Å²) in [6.45, 7) is 7.93. The number of unbranched alkanes of at least 4 members (excludes halogenated alkanes) is 1. The second-order valence-corrected chi connectivity index (χ2v) is 9.23. The fourth-order valence-electron chi connectivity index (χ4n) is 3.33. The molecule has 6 nitrogen and oxygen atoms in total. The van der Waals surface area contributed by atoms with Crippen molar-refractivity contribution in [3.63, 3.8) is 0 Å². The van der Waals surface area contributed by atoms with Gasteiger partial charge in [-0.2, -0.15) is 0 Å². The van der Waals surface area contributed by atoms with E-state index in [2.05, 4.69) is 24.4 Å². The molecule has 0 aliphatic rings. The number of benzene rings is 2. The monoisotopic (exact) mass is 475 g/mol. The maximum atomic E-state index is 12.0. The highest BCUT2D eigenvalue weighted by molar-refractivity contribution is 6.17. The Hall–Kier alpha value is -2.73. The minimum Gasteiger partial charge on any atom is -0.494 e. The molecular weight excluding hydrogens is 442 g/mol. The molecule has 7 heteroatoms. The summed E-state index contributed by atoms with van der Waals surface area (Å²) >= 11 is 5.71. The lowest BCUT2D eigenvalue weighted by atomic mass is 9.96. The zero-order chi connectivity index (χ0) is 24.4. The number of carbonyl (C=O) groups excluding carboxylic acids is 1. The largest absolute Gasteiger partial charge is 0.494 e. The van der Waals surface area contributed by atoms with Gasteiger partial charge in [0.1, 0.15) is 17.4 Å². The van der Waals surface area contributed by atoms with Crippen LogP contribution in [-0.4, -0.2) is 41.3 Å². The Labute approximate surface area is 201 Å². The summed E-state index contributed by atoms with van der Waals surface area (Å²) in [4.78, 5) is 23.6.